The lowest BCUT2D eigenvalue weighted by Gasteiger charge is -2.25. The second kappa shape index (κ2) is 7.83. The summed E-state index contributed by atoms with van der Waals surface area (Å²) in [7, 11) is 0. The molecule has 1 unspecified atom stereocenters. The number of amides is 2. The van der Waals surface area contributed by atoms with Crippen LogP contribution in [0, 0.1) is 11.6 Å². The highest BCUT2D eigenvalue weighted by Crippen LogP contribution is 2.35. The Labute approximate surface area is 166 Å². The van der Waals surface area contributed by atoms with Gasteiger partial charge in [0.2, 0.25) is 5.91 Å². The molecule has 1 heterocycles. The molecule has 29 heavy (non-hydrogen) atoms. The van der Waals surface area contributed by atoms with Crippen LogP contribution in [0.4, 0.5) is 8.78 Å². The summed E-state index contributed by atoms with van der Waals surface area (Å²) >= 11 is 0. The minimum absolute atomic E-state index is 0.00582. The molecule has 0 aliphatic carbocycles. The summed E-state index contributed by atoms with van der Waals surface area (Å²) in [6, 6.07) is 19.0. The van der Waals surface area contributed by atoms with Crippen molar-refractivity contribution in [2.24, 2.45) is 0 Å². The number of fused-ring (bicyclic) bond motifs is 1. The van der Waals surface area contributed by atoms with Crippen LogP contribution in [0.1, 0.15) is 33.1 Å². The number of halogens is 2. The Morgan fingerprint density at radius 1 is 0.897 bits per heavy atom. The SMILES string of the molecule is O=C(NCc1ccccc1)C1c2ccccc2C(=O)N1Cc1ccc(F)c(F)c1. The Kier molecular flexibility index (Phi) is 5.08. The molecule has 3 aromatic rings. The van der Waals surface area contributed by atoms with Crippen molar-refractivity contribution in [1.29, 1.82) is 0 Å². The van der Waals surface area contributed by atoms with Gasteiger partial charge in [-0.2, -0.15) is 0 Å². The summed E-state index contributed by atoms with van der Waals surface area (Å²) in [6.45, 7) is 0.319. The van der Waals surface area contributed by atoms with E-state index in [0.29, 0.717) is 23.2 Å². The monoisotopic (exact) mass is 392 g/mol. The maximum atomic E-state index is 13.6. The summed E-state index contributed by atoms with van der Waals surface area (Å²) in [5.41, 5.74) is 2.39. The van der Waals surface area contributed by atoms with E-state index in [0.717, 1.165) is 17.7 Å². The molecular weight excluding hydrogens is 374 g/mol. The van der Waals surface area contributed by atoms with Gasteiger partial charge < -0.3 is 10.2 Å². The third kappa shape index (κ3) is 3.74. The molecule has 2 amide bonds. The summed E-state index contributed by atoms with van der Waals surface area (Å²) in [4.78, 5) is 27.3. The molecule has 0 radical (unpaired) electrons. The molecule has 3 aromatic carbocycles. The molecule has 1 N–H and O–H groups in total. The lowest BCUT2D eigenvalue weighted by atomic mass is 10.0. The number of nitrogens with one attached hydrogen (secondary N) is 1. The smallest absolute Gasteiger partial charge is 0.255 e. The van der Waals surface area contributed by atoms with Gasteiger partial charge in [-0.05, 0) is 34.9 Å². The standard InChI is InChI=1S/C23H18F2N2O2/c24-19-11-10-16(12-20(19)25)14-27-21(17-8-4-5-9-18(17)23(27)29)22(28)26-13-15-6-2-1-3-7-15/h1-12,21H,13-14H2,(H,26,28). The highest BCUT2D eigenvalue weighted by molar-refractivity contribution is 6.04. The third-order valence-corrected chi connectivity index (χ3v) is 4.95. The van der Waals surface area contributed by atoms with Crippen LogP contribution in [-0.4, -0.2) is 16.7 Å². The zero-order chi connectivity index (χ0) is 20.4. The van der Waals surface area contributed by atoms with Crippen LogP contribution in [0.15, 0.2) is 72.8 Å². The Balaban J connectivity index is 1.61. The largest absolute Gasteiger partial charge is 0.350 e. The zero-order valence-electron chi connectivity index (χ0n) is 15.4. The first-order valence-electron chi connectivity index (χ1n) is 9.20. The quantitative estimate of drug-likeness (QED) is 0.714. The number of nitrogens with zero attached hydrogens (tertiary/aromatic N) is 1. The van der Waals surface area contributed by atoms with Gasteiger partial charge in [-0.15, -0.1) is 0 Å². The Hall–Kier alpha value is -3.54. The van der Waals surface area contributed by atoms with E-state index in [1.54, 1.807) is 24.3 Å². The molecule has 4 nitrogen and oxygen atoms in total. The van der Waals surface area contributed by atoms with Crippen molar-refractivity contribution in [2.75, 3.05) is 0 Å². The molecule has 0 aromatic heterocycles. The van der Waals surface area contributed by atoms with E-state index in [1.807, 2.05) is 30.3 Å². The first-order chi connectivity index (χ1) is 14.0. The maximum absolute atomic E-state index is 13.6. The number of hydrogen-bond acceptors (Lipinski definition) is 2. The van der Waals surface area contributed by atoms with E-state index >= 15 is 0 Å². The molecule has 1 aliphatic heterocycles. The van der Waals surface area contributed by atoms with Crippen molar-refractivity contribution < 1.29 is 18.4 Å². The van der Waals surface area contributed by atoms with Crippen LogP contribution >= 0.6 is 0 Å². The van der Waals surface area contributed by atoms with Crippen molar-refractivity contribution in [3.63, 3.8) is 0 Å². The van der Waals surface area contributed by atoms with Crippen LogP contribution in [-0.2, 0) is 17.9 Å². The van der Waals surface area contributed by atoms with Gasteiger partial charge in [-0.1, -0.05) is 54.6 Å². The molecule has 4 rings (SSSR count). The van der Waals surface area contributed by atoms with Crippen LogP contribution < -0.4 is 5.32 Å². The van der Waals surface area contributed by atoms with Crippen molar-refractivity contribution in [1.82, 2.24) is 10.2 Å². The van der Waals surface area contributed by atoms with E-state index < -0.39 is 17.7 Å². The minimum atomic E-state index is -0.989. The number of carbonyl (C=O) groups is 2. The molecule has 1 aliphatic rings. The molecule has 0 bridgehead atoms. The second-order valence-electron chi connectivity index (χ2n) is 6.87. The molecular formula is C23H18F2N2O2. The van der Waals surface area contributed by atoms with Crippen molar-refractivity contribution in [3.05, 3.63) is 107 Å². The predicted octanol–water partition coefficient (Wildman–Crippen LogP) is 3.98. The minimum Gasteiger partial charge on any atom is -0.350 e. The van der Waals surface area contributed by atoms with Crippen molar-refractivity contribution in [2.45, 2.75) is 19.1 Å². The fraction of sp³-hybridized carbons (Fsp3) is 0.130. The Morgan fingerprint density at radius 2 is 1.62 bits per heavy atom. The number of benzene rings is 3. The predicted molar refractivity (Wildman–Crippen MR) is 104 cm³/mol. The van der Waals surface area contributed by atoms with Crippen molar-refractivity contribution >= 4 is 11.8 Å². The lowest BCUT2D eigenvalue weighted by molar-refractivity contribution is -0.125. The van der Waals surface area contributed by atoms with Gasteiger partial charge in [0.25, 0.3) is 5.91 Å². The summed E-state index contributed by atoms with van der Waals surface area (Å²) < 4.78 is 26.9. The van der Waals surface area contributed by atoms with Crippen LogP contribution in [0.5, 0.6) is 0 Å². The van der Waals surface area contributed by atoms with Gasteiger partial charge in [0.15, 0.2) is 11.6 Å². The number of rotatable bonds is 5. The van der Waals surface area contributed by atoms with Crippen LogP contribution in [0.25, 0.3) is 0 Å². The van der Waals surface area contributed by atoms with Crippen LogP contribution in [0.2, 0.25) is 0 Å². The van der Waals surface area contributed by atoms with E-state index in [1.165, 1.54) is 11.0 Å². The van der Waals surface area contributed by atoms with Gasteiger partial charge >= 0.3 is 0 Å². The summed E-state index contributed by atoms with van der Waals surface area (Å²) in [5.74, 6) is -2.58. The maximum Gasteiger partial charge on any atom is 0.255 e. The second-order valence-corrected chi connectivity index (χ2v) is 6.87. The first-order valence-corrected chi connectivity index (χ1v) is 9.20. The van der Waals surface area contributed by atoms with E-state index in [2.05, 4.69) is 5.32 Å². The lowest BCUT2D eigenvalue weighted by Crippen LogP contribution is -2.38. The summed E-state index contributed by atoms with van der Waals surface area (Å²) in [5, 5.41) is 2.87. The van der Waals surface area contributed by atoms with Gasteiger partial charge in [0.05, 0.1) is 0 Å². The molecule has 1 atom stereocenters. The Morgan fingerprint density at radius 3 is 2.38 bits per heavy atom. The number of hydrogen-bond donors (Lipinski definition) is 1. The molecule has 0 saturated carbocycles. The highest BCUT2D eigenvalue weighted by Gasteiger charge is 2.40. The molecule has 0 spiro atoms. The molecule has 146 valence electrons. The van der Waals surface area contributed by atoms with Crippen LogP contribution in [0.3, 0.4) is 0 Å². The van der Waals surface area contributed by atoms with Gasteiger partial charge in [-0.25, -0.2) is 8.78 Å². The van der Waals surface area contributed by atoms with Crippen molar-refractivity contribution in [3.8, 4) is 0 Å². The van der Waals surface area contributed by atoms with E-state index in [4.69, 9.17) is 0 Å². The van der Waals surface area contributed by atoms with Gasteiger partial charge in [0.1, 0.15) is 6.04 Å². The molecule has 0 fully saturated rings. The van der Waals surface area contributed by atoms with Gasteiger partial charge in [-0.3, -0.25) is 9.59 Å². The average Bonchev–Trinajstić information content (AvgIpc) is 3.02. The number of carbonyl (C=O) groups excluding carboxylic acids is 2. The first kappa shape index (κ1) is 18.8. The fourth-order valence-electron chi connectivity index (χ4n) is 3.53. The third-order valence-electron chi connectivity index (χ3n) is 4.95. The summed E-state index contributed by atoms with van der Waals surface area (Å²) in [6.07, 6.45) is 0. The fourth-order valence-corrected chi connectivity index (χ4v) is 3.53. The normalized spacial score (nSPS) is 15.3. The highest BCUT2D eigenvalue weighted by atomic mass is 19.2. The zero-order valence-corrected chi connectivity index (χ0v) is 15.4. The van der Waals surface area contributed by atoms with E-state index in [9.17, 15) is 18.4 Å². The average molecular weight is 392 g/mol. The van der Waals surface area contributed by atoms with E-state index in [-0.39, 0.29) is 18.4 Å². The molecule has 0 saturated heterocycles. The Bertz CT molecular complexity index is 1070. The topological polar surface area (TPSA) is 49.4 Å². The van der Waals surface area contributed by atoms with Gasteiger partial charge in [0, 0.05) is 18.7 Å². The molecule has 6 heteroatoms.